The van der Waals surface area contributed by atoms with Crippen molar-refractivity contribution in [2.45, 2.75) is 45.2 Å². The van der Waals surface area contributed by atoms with Crippen LogP contribution in [-0.4, -0.2) is 16.1 Å². The summed E-state index contributed by atoms with van der Waals surface area (Å²) in [6.07, 6.45) is 4.64. The monoisotopic (exact) mass is 540 g/mol. The molecule has 0 amide bonds. The standard InChI is InChI=1S/C31H26F6N2/c1-2-3-4-5-6-20-18-38-30(39-19-20)22-9-7-21(8-10-22)23-11-12-25(27(32)15-23)24-16-28(33)26(29(34)17-24)13-14-31(35,36)37/h7-19H,2-6H2,1H3. The number of halogens is 6. The van der Waals surface area contributed by atoms with Gasteiger partial charge in [-0.05, 0) is 59.4 Å². The van der Waals surface area contributed by atoms with Gasteiger partial charge in [-0.15, -0.1) is 0 Å². The Morgan fingerprint density at radius 1 is 0.692 bits per heavy atom. The number of alkyl halides is 3. The highest BCUT2D eigenvalue weighted by Gasteiger charge is 2.23. The predicted octanol–water partition coefficient (Wildman–Crippen LogP) is 9.59. The van der Waals surface area contributed by atoms with Crippen LogP contribution < -0.4 is 0 Å². The van der Waals surface area contributed by atoms with Crippen molar-refractivity contribution in [3.63, 3.8) is 0 Å². The van der Waals surface area contributed by atoms with Gasteiger partial charge in [-0.3, -0.25) is 0 Å². The fourth-order valence-corrected chi connectivity index (χ4v) is 4.21. The number of unbranched alkanes of at least 4 members (excludes halogenated alkanes) is 3. The Hall–Kier alpha value is -3.94. The molecule has 0 aliphatic heterocycles. The molecule has 39 heavy (non-hydrogen) atoms. The maximum atomic E-state index is 15.0. The van der Waals surface area contributed by atoms with Gasteiger partial charge in [-0.25, -0.2) is 23.1 Å². The molecule has 2 nitrogen and oxygen atoms in total. The first kappa shape index (κ1) is 28.1. The zero-order valence-electron chi connectivity index (χ0n) is 21.2. The minimum absolute atomic E-state index is 0.0808. The van der Waals surface area contributed by atoms with Gasteiger partial charge in [0.2, 0.25) is 0 Å². The number of allylic oxidation sites excluding steroid dienone is 1. The first-order chi connectivity index (χ1) is 18.6. The molecular weight excluding hydrogens is 514 g/mol. The van der Waals surface area contributed by atoms with Crippen molar-refractivity contribution in [3.05, 3.63) is 102 Å². The lowest BCUT2D eigenvalue weighted by atomic mass is 9.97. The Kier molecular flexibility index (Phi) is 8.84. The smallest absolute Gasteiger partial charge is 0.236 e. The molecule has 8 heteroatoms. The number of aryl methyl sites for hydroxylation is 1. The molecule has 0 N–H and O–H groups in total. The van der Waals surface area contributed by atoms with Crippen LogP contribution in [0.25, 0.3) is 39.7 Å². The second kappa shape index (κ2) is 12.3. The summed E-state index contributed by atoms with van der Waals surface area (Å²) in [6, 6.07) is 13.1. The van der Waals surface area contributed by atoms with Crippen molar-refractivity contribution < 1.29 is 26.3 Å². The van der Waals surface area contributed by atoms with Crippen LogP contribution in [0.15, 0.2) is 73.1 Å². The largest absolute Gasteiger partial charge is 0.409 e. The Morgan fingerprint density at radius 3 is 1.87 bits per heavy atom. The van der Waals surface area contributed by atoms with E-state index in [4.69, 9.17) is 0 Å². The second-order valence-corrected chi connectivity index (χ2v) is 9.23. The van der Waals surface area contributed by atoms with E-state index in [0.29, 0.717) is 23.0 Å². The summed E-state index contributed by atoms with van der Waals surface area (Å²) in [5.41, 5.74) is 2.09. The van der Waals surface area contributed by atoms with Crippen LogP contribution in [0.5, 0.6) is 0 Å². The molecule has 0 fully saturated rings. The molecule has 1 heterocycles. The molecule has 4 aromatic rings. The molecule has 0 spiro atoms. The van der Waals surface area contributed by atoms with Crippen LogP contribution in [0.1, 0.15) is 43.7 Å². The topological polar surface area (TPSA) is 25.8 Å². The van der Waals surface area contributed by atoms with Gasteiger partial charge in [0.1, 0.15) is 17.5 Å². The molecule has 0 aliphatic carbocycles. The molecule has 0 aliphatic rings. The summed E-state index contributed by atoms with van der Waals surface area (Å²) in [5, 5.41) is 0. The summed E-state index contributed by atoms with van der Waals surface area (Å²) in [5.74, 6) is -2.60. The minimum atomic E-state index is -4.72. The van der Waals surface area contributed by atoms with Crippen molar-refractivity contribution in [3.8, 4) is 33.6 Å². The van der Waals surface area contributed by atoms with Crippen LogP contribution >= 0.6 is 0 Å². The van der Waals surface area contributed by atoms with Crippen LogP contribution in [0.3, 0.4) is 0 Å². The van der Waals surface area contributed by atoms with Crippen molar-refractivity contribution in [1.29, 1.82) is 0 Å². The van der Waals surface area contributed by atoms with Gasteiger partial charge in [-0.2, -0.15) is 13.2 Å². The van der Waals surface area contributed by atoms with Crippen LogP contribution in [0, 0.1) is 17.5 Å². The third-order valence-corrected chi connectivity index (χ3v) is 6.30. The van der Waals surface area contributed by atoms with Gasteiger partial charge >= 0.3 is 6.18 Å². The maximum absolute atomic E-state index is 15.0. The molecule has 0 unspecified atom stereocenters. The van der Waals surface area contributed by atoms with Crippen LogP contribution in [-0.2, 0) is 6.42 Å². The van der Waals surface area contributed by atoms with E-state index in [1.54, 1.807) is 18.2 Å². The summed E-state index contributed by atoms with van der Waals surface area (Å²) in [6.45, 7) is 2.17. The van der Waals surface area contributed by atoms with Gasteiger partial charge in [0.05, 0.1) is 0 Å². The fourth-order valence-electron chi connectivity index (χ4n) is 4.21. The number of hydrogen-bond acceptors (Lipinski definition) is 2. The highest BCUT2D eigenvalue weighted by molar-refractivity contribution is 5.73. The molecule has 0 saturated carbocycles. The van der Waals surface area contributed by atoms with Crippen molar-refractivity contribution >= 4 is 6.08 Å². The number of nitrogens with zero attached hydrogens (tertiary/aromatic N) is 2. The highest BCUT2D eigenvalue weighted by atomic mass is 19.4. The first-order valence-electron chi connectivity index (χ1n) is 12.6. The van der Waals surface area contributed by atoms with E-state index < -0.39 is 29.2 Å². The second-order valence-electron chi connectivity index (χ2n) is 9.23. The lowest BCUT2D eigenvalue weighted by Crippen LogP contribution is -2.01. The number of benzene rings is 3. The fraction of sp³-hybridized carbons (Fsp3) is 0.226. The first-order valence-corrected chi connectivity index (χ1v) is 12.6. The third-order valence-electron chi connectivity index (χ3n) is 6.30. The average Bonchev–Trinajstić information content (AvgIpc) is 2.90. The van der Waals surface area contributed by atoms with E-state index in [1.807, 2.05) is 24.5 Å². The van der Waals surface area contributed by atoms with Crippen molar-refractivity contribution in [2.75, 3.05) is 0 Å². The normalized spacial score (nSPS) is 11.9. The van der Waals surface area contributed by atoms with Gasteiger partial charge < -0.3 is 0 Å². The Labute approximate surface area is 223 Å². The van der Waals surface area contributed by atoms with E-state index in [0.717, 1.165) is 36.1 Å². The van der Waals surface area contributed by atoms with E-state index in [9.17, 15) is 26.3 Å². The molecule has 202 valence electrons. The van der Waals surface area contributed by atoms with Crippen LogP contribution in [0.2, 0.25) is 0 Å². The molecule has 1 aromatic heterocycles. The van der Waals surface area contributed by atoms with Gasteiger partial charge in [0, 0.05) is 35.2 Å². The molecule has 0 radical (unpaired) electrons. The predicted molar refractivity (Wildman–Crippen MR) is 141 cm³/mol. The SMILES string of the molecule is CCCCCCc1cnc(-c2ccc(-c3ccc(-c4cc(F)c(C=CC(F)(F)F)c(F)c4)c(F)c3)cc2)nc1. The molecule has 0 bridgehead atoms. The summed E-state index contributed by atoms with van der Waals surface area (Å²) >= 11 is 0. The summed E-state index contributed by atoms with van der Waals surface area (Å²) in [4.78, 5) is 8.92. The Balaban J connectivity index is 1.49. The number of hydrogen-bond donors (Lipinski definition) is 0. The van der Waals surface area contributed by atoms with Crippen molar-refractivity contribution in [2.24, 2.45) is 0 Å². The van der Waals surface area contributed by atoms with E-state index in [2.05, 4.69) is 16.9 Å². The summed E-state index contributed by atoms with van der Waals surface area (Å²) < 4.78 is 80.8. The molecule has 4 rings (SSSR count). The number of aromatic nitrogens is 2. The van der Waals surface area contributed by atoms with E-state index in [1.165, 1.54) is 31.4 Å². The lowest BCUT2D eigenvalue weighted by molar-refractivity contribution is -0.0790. The highest BCUT2D eigenvalue weighted by Crippen LogP contribution is 2.32. The van der Waals surface area contributed by atoms with Crippen molar-refractivity contribution in [1.82, 2.24) is 9.97 Å². The van der Waals surface area contributed by atoms with E-state index in [-0.39, 0.29) is 17.2 Å². The van der Waals surface area contributed by atoms with Gasteiger partial charge in [-0.1, -0.05) is 62.6 Å². The van der Waals surface area contributed by atoms with Gasteiger partial charge in [0.25, 0.3) is 0 Å². The molecular formula is C31H26F6N2. The summed E-state index contributed by atoms with van der Waals surface area (Å²) in [7, 11) is 0. The zero-order valence-corrected chi connectivity index (χ0v) is 21.2. The minimum Gasteiger partial charge on any atom is -0.236 e. The van der Waals surface area contributed by atoms with Crippen LogP contribution in [0.4, 0.5) is 26.3 Å². The Morgan fingerprint density at radius 2 is 1.28 bits per heavy atom. The Bertz CT molecular complexity index is 1420. The number of rotatable bonds is 9. The quantitative estimate of drug-likeness (QED) is 0.156. The lowest BCUT2D eigenvalue weighted by Gasteiger charge is -2.10. The maximum Gasteiger partial charge on any atom is 0.409 e. The molecule has 0 atom stereocenters. The van der Waals surface area contributed by atoms with Gasteiger partial charge in [0.15, 0.2) is 5.82 Å². The average molecular weight is 541 g/mol. The van der Waals surface area contributed by atoms with E-state index >= 15 is 0 Å². The molecule has 3 aromatic carbocycles. The molecule has 0 saturated heterocycles. The third kappa shape index (κ3) is 7.34. The zero-order chi connectivity index (χ0) is 28.0.